The van der Waals surface area contributed by atoms with Crippen LogP contribution in [-0.2, 0) is 13.0 Å². The number of nitrogens with one attached hydrogen (secondary N) is 1. The van der Waals surface area contributed by atoms with E-state index < -0.39 is 0 Å². The van der Waals surface area contributed by atoms with E-state index in [1.54, 1.807) is 11.1 Å². The summed E-state index contributed by atoms with van der Waals surface area (Å²) in [5.41, 5.74) is 4.60. The van der Waals surface area contributed by atoms with Crippen LogP contribution in [0.2, 0.25) is 0 Å². The molecule has 0 radical (unpaired) electrons. The normalized spacial score (nSPS) is 15.9. The first-order valence-electron chi connectivity index (χ1n) is 8.78. The Morgan fingerprint density at radius 1 is 1.04 bits per heavy atom. The van der Waals surface area contributed by atoms with Crippen molar-refractivity contribution in [3.63, 3.8) is 0 Å². The minimum Gasteiger partial charge on any atom is -0.311 e. The first kappa shape index (κ1) is 18.4. The molecule has 1 unspecified atom stereocenters. The van der Waals surface area contributed by atoms with E-state index in [0.717, 1.165) is 24.0 Å². The van der Waals surface area contributed by atoms with Gasteiger partial charge in [-0.25, -0.2) is 0 Å². The van der Waals surface area contributed by atoms with Crippen molar-refractivity contribution >= 4 is 27.3 Å². The minimum atomic E-state index is 0.511. The fraction of sp³-hybridized carbons (Fsp3) is 0.273. The third-order valence-electron chi connectivity index (χ3n) is 4.60. The number of hydrogen-bond donors (Lipinski definition) is 1. The van der Waals surface area contributed by atoms with Crippen molar-refractivity contribution in [3.05, 3.63) is 91.6 Å². The van der Waals surface area contributed by atoms with Crippen molar-refractivity contribution in [3.8, 4) is 0 Å². The second-order valence-electron chi connectivity index (χ2n) is 6.22. The molecular formula is C22H24BrNS. The third-order valence-corrected chi connectivity index (χ3v) is 6.29. The molecule has 1 aromatic heterocycles. The molecule has 0 bridgehead atoms. The predicted octanol–water partition coefficient (Wildman–Crippen LogP) is 6.30. The molecule has 0 spiro atoms. The number of hydrogen-bond acceptors (Lipinski definition) is 2. The van der Waals surface area contributed by atoms with Crippen LogP contribution in [0.4, 0.5) is 0 Å². The number of rotatable bonds is 2. The third kappa shape index (κ3) is 4.41. The van der Waals surface area contributed by atoms with Crippen molar-refractivity contribution in [1.82, 2.24) is 5.32 Å². The molecule has 1 N–H and O–H groups in total. The molecule has 1 nitrogen and oxygen atoms in total. The molecule has 3 heteroatoms. The van der Waals surface area contributed by atoms with Crippen LogP contribution in [0.15, 0.2) is 65.1 Å². The van der Waals surface area contributed by atoms with E-state index in [-0.39, 0.29) is 0 Å². The van der Waals surface area contributed by atoms with Crippen molar-refractivity contribution in [1.29, 1.82) is 0 Å². The Hall–Kier alpha value is -1.42. The minimum absolute atomic E-state index is 0.511. The maximum atomic E-state index is 3.57. The molecule has 3 aromatic rings. The highest BCUT2D eigenvalue weighted by atomic mass is 79.9. The van der Waals surface area contributed by atoms with Gasteiger partial charge in [0.1, 0.15) is 0 Å². The summed E-state index contributed by atoms with van der Waals surface area (Å²) in [6, 6.07) is 20.8. The van der Waals surface area contributed by atoms with Crippen LogP contribution in [-0.4, -0.2) is 6.54 Å². The lowest BCUT2D eigenvalue weighted by molar-refractivity contribution is 0.596. The van der Waals surface area contributed by atoms with Gasteiger partial charge in [0.25, 0.3) is 0 Å². The van der Waals surface area contributed by atoms with Gasteiger partial charge in [0, 0.05) is 33.2 Å². The molecule has 0 saturated heterocycles. The van der Waals surface area contributed by atoms with Gasteiger partial charge in [-0.3, -0.25) is 0 Å². The summed E-state index contributed by atoms with van der Waals surface area (Å²) >= 11 is 5.49. The van der Waals surface area contributed by atoms with E-state index in [1.807, 2.05) is 47.7 Å². The summed E-state index contributed by atoms with van der Waals surface area (Å²) in [5.74, 6) is 0.511. The summed E-state index contributed by atoms with van der Waals surface area (Å²) in [5, 5.41) is 3.57. The van der Waals surface area contributed by atoms with Crippen molar-refractivity contribution in [2.24, 2.45) is 0 Å². The lowest BCUT2D eigenvalue weighted by atomic mass is 9.85. The van der Waals surface area contributed by atoms with Crippen molar-refractivity contribution < 1.29 is 0 Å². The van der Waals surface area contributed by atoms with Crippen LogP contribution in [0.25, 0.3) is 0 Å². The Balaban J connectivity index is 0.000000258. The summed E-state index contributed by atoms with van der Waals surface area (Å²) < 4.78 is 1.15. The van der Waals surface area contributed by atoms with Gasteiger partial charge >= 0.3 is 0 Å². The summed E-state index contributed by atoms with van der Waals surface area (Å²) in [4.78, 5) is 3.03. The average molecular weight is 414 g/mol. The van der Waals surface area contributed by atoms with Gasteiger partial charge < -0.3 is 5.32 Å². The first-order chi connectivity index (χ1) is 12.2. The zero-order chi connectivity index (χ0) is 17.6. The van der Waals surface area contributed by atoms with E-state index in [0.29, 0.717) is 5.92 Å². The Kier molecular flexibility index (Phi) is 6.46. The summed E-state index contributed by atoms with van der Waals surface area (Å²) in [7, 11) is 0. The monoisotopic (exact) mass is 413 g/mol. The lowest BCUT2D eigenvalue weighted by Crippen LogP contribution is -2.28. The van der Waals surface area contributed by atoms with Crippen molar-refractivity contribution in [2.45, 2.75) is 32.7 Å². The quantitative estimate of drug-likeness (QED) is 0.519. The maximum Gasteiger partial charge on any atom is 0.0303 e. The van der Waals surface area contributed by atoms with Gasteiger partial charge in [0.2, 0.25) is 0 Å². The molecule has 1 aliphatic rings. The van der Waals surface area contributed by atoms with Gasteiger partial charge in [-0.2, -0.15) is 0 Å². The first-order valence-corrected chi connectivity index (χ1v) is 10.4. The van der Waals surface area contributed by atoms with Gasteiger partial charge in [0.05, 0.1) is 0 Å². The van der Waals surface area contributed by atoms with E-state index >= 15 is 0 Å². The molecular weight excluding hydrogens is 390 g/mol. The number of benzene rings is 2. The molecule has 130 valence electrons. The highest BCUT2D eigenvalue weighted by Gasteiger charge is 2.27. The zero-order valence-electron chi connectivity index (χ0n) is 14.8. The van der Waals surface area contributed by atoms with Gasteiger partial charge in [0.15, 0.2) is 0 Å². The maximum absolute atomic E-state index is 3.57. The lowest BCUT2D eigenvalue weighted by Gasteiger charge is -2.25. The van der Waals surface area contributed by atoms with E-state index in [1.165, 1.54) is 15.3 Å². The van der Waals surface area contributed by atoms with Crippen LogP contribution in [0, 0.1) is 6.92 Å². The van der Waals surface area contributed by atoms with Gasteiger partial charge in [-0.05, 0) is 42.2 Å². The highest BCUT2D eigenvalue weighted by molar-refractivity contribution is 9.10. The zero-order valence-corrected chi connectivity index (χ0v) is 17.2. The Bertz CT molecular complexity index is 766. The van der Waals surface area contributed by atoms with Gasteiger partial charge in [-0.1, -0.05) is 71.4 Å². The molecule has 0 saturated carbocycles. The second kappa shape index (κ2) is 8.79. The largest absolute Gasteiger partial charge is 0.311 e. The number of halogens is 1. The SMILES string of the molecule is CCc1c(C)sc2c1C(c1ccc(Br)cc1)CNC2.c1ccccc1. The molecule has 0 fully saturated rings. The Morgan fingerprint density at radius 2 is 1.64 bits per heavy atom. The van der Waals surface area contributed by atoms with Crippen LogP contribution < -0.4 is 5.32 Å². The van der Waals surface area contributed by atoms with E-state index in [9.17, 15) is 0 Å². The smallest absolute Gasteiger partial charge is 0.0303 e. The molecule has 0 aliphatic carbocycles. The molecule has 0 amide bonds. The molecule has 4 rings (SSSR count). The molecule has 1 aliphatic heterocycles. The highest BCUT2D eigenvalue weighted by Crippen LogP contribution is 2.39. The summed E-state index contributed by atoms with van der Waals surface area (Å²) in [6.07, 6.45) is 1.14. The van der Waals surface area contributed by atoms with Crippen LogP contribution in [0.3, 0.4) is 0 Å². The van der Waals surface area contributed by atoms with E-state index in [4.69, 9.17) is 0 Å². The second-order valence-corrected chi connectivity index (χ2v) is 8.44. The Morgan fingerprint density at radius 3 is 2.20 bits per heavy atom. The predicted molar refractivity (Wildman–Crippen MR) is 113 cm³/mol. The number of thiophene rings is 1. The standard InChI is InChI=1S/C16H18BrNS.C6H6/c1-3-13-10(2)19-15-9-18-8-14(16(13)15)11-4-6-12(17)7-5-11;1-2-4-6-5-3-1/h4-7,14,18H,3,8-9H2,1-2H3;1-6H. The molecule has 2 heterocycles. The fourth-order valence-electron chi connectivity index (χ4n) is 3.43. The summed E-state index contributed by atoms with van der Waals surface area (Å²) in [6.45, 7) is 6.63. The number of aryl methyl sites for hydroxylation is 1. The van der Waals surface area contributed by atoms with Crippen LogP contribution in [0.1, 0.15) is 39.3 Å². The van der Waals surface area contributed by atoms with Crippen molar-refractivity contribution in [2.75, 3.05) is 6.54 Å². The van der Waals surface area contributed by atoms with E-state index in [2.05, 4.69) is 59.4 Å². The number of fused-ring (bicyclic) bond motifs is 1. The molecule has 1 atom stereocenters. The molecule has 2 aromatic carbocycles. The Labute approximate surface area is 163 Å². The van der Waals surface area contributed by atoms with Gasteiger partial charge in [-0.15, -0.1) is 11.3 Å². The van der Waals surface area contributed by atoms with Crippen LogP contribution >= 0.6 is 27.3 Å². The average Bonchev–Trinajstić information content (AvgIpc) is 2.99. The molecule has 25 heavy (non-hydrogen) atoms. The fourth-order valence-corrected chi connectivity index (χ4v) is 4.99. The topological polar surface area (TPSA) is 12.0 Å². The van der Waals surface area contributed by atoms with Crippen LogP contribution in [0.5, 0.6) is 0 Å².